The molecule has 0 unspecified atom stereocenters. The van der Waals surface area contributed by atoms with Crippen molar-refractivity contribution in [2.75, 3.05) is 0 Å². The van der Waals surface area contributed by atoms with Crippen molar-refractivity contribution >= 4 is 56.4 Å². The predicted molar refractivity (Wildman–Crippen MR) is 115 cm³/mol. The van der Waals surface area contributed by atoms with Gasteiger partial charge < -0.3 is 0 Å². The van der Waals surface area contributed by atoms with Gasteiger partial charge in [0.05, 0.1) is 28.3 Å². The average molecular weight is 454 g/mol. The van der Waals surface area contributed by atoms with Crippen LogP contribution in [0.5, 0.6) is 0 Å². The fourth-order valence-electron chi connectivity index (χ4n) is 3.10. The molecule has 2 aromatic heterocycles. The van der Waals surface area contributed by atoms with Crippen LogP contribution in [-0.4, -0.2) is 9.55 Å². The normalized spacial score (nSPS) is 11.3. The number of benzene rings is 2. The number of aromatic nitrogens is 2. The van der Waals surface area contributed by atoms with E-state index in [1.54, 1.807) is 24.3 Å². The molecule has 0 amide bonds. The van der Waals surface area contributed by atoms with Gasteiger partial charge in [-0.2, -0.15) is 0 Å². The maximum Gasteiger partial charge on any atom is 0.263 e. The van der Waals surface area contributed by atoms with Gasteiger partial charge in [0.25, 0.3) is 5.56 Å². The first-order valence-corrected chi connectivity index (χ1v) is 10.2. The summed E-state index contributed by atoms with van der Waals surface area (Å²) < 4.78 is 14.8. The van der Waals surface area contributed by atoms with Crippen LogP contribution in [0.25, 0.3) is 21.3 Å². The molecule has 0 spiro atoms. The molecule has 28 heavy (non-hydrogen) atoms. The van der Waals surface area contributed by atoms with Crippen LogP contribution < -0.4 is 5.56 Å². The molecule has 3 nitrogen and oxygen atoms in total. The fourth-order valence-corrected chi connectivity index (χ4v) is 4.77. The first-order valence-electron chi connectivity index (χ1n) is 8.23. The second kappa shape index (κ2) is 7.48. The number of rotatable bonds is 3. The monoisotopic (exact) mass is 452 g/mol. The molecular weight excluding hydrogens is 442 g/mol. The molecule has 142 valence electrons. The van der Waals surface area contributed by atoms with E-state index in [4.69, 9.17) is 34.8 Å². The molecule has 0 bridgehead atoms. The van der Waals surface area contributed by atoms with E-state index in [1.807, 2.05) is 6.92 Å². The highest BCUT2D eigenvalue weighted by Gasteiger charge is 2.18. The zero-order valence-corrected chi connectivity index (χ0v) is 17.6. The van der Waals surface area contributed by atoms with Gasteiger partial charge in [-0.15, -0.1) is 11.3 Å². The van der Waals surface area contributed by atoms with Crippen LogP contribution in [0.4, 0.5) is 4.39 Å². The second-order valence-electron chi connectivity index (χ2n) is 6.22. The Morgan fingerprint density at radius 3 is 2.46 bits per heavy atom. The molecule has 4 aromatic rings. The van der Waals surface area contributed by atoms with Gasteiger partial charge in [0.2, 0.25) is 0 Å². The van der Waals surface area contributed by atoms with E-state index in [2.05, 4.69) is 4.98 Å². The van der Waals surface area contributed by atoms with Crippen molar-refractivity contribution in [3.63, 3.8) is 0 Å². The molecule has 8 heteroatoms. The van der Waals surface area contributed by atoms with Crippen LogP contribution in [0.2, 0.25) is 15.1 Å². The van der Waals surface area contributed by atoms with Gasteiger partial charge in [0.1, 0.15) is 10.6 Å². The van der Waals surface area contributed by atoms with Crippen molar-refractivity contribution in [2.24, 2.45) is 0 Å². The topological polar surface area (TPSA) is 34.9 Å². The average Bonchev–Trinajstić information content (AvgIpc) is 3.01. The zero-order chi connectivity index (χ0) is 20.0. The van der Waals surface area contributed by atoms with Gasteiger partial charge in [0.15, 0.2) is 0 Å². The minimum Gasteiger partial charge on any atom is -0.294 e. The predicted octanol–water partition coefficient (Wildman–Crippen LogP) is 6.58. The van der Waals surface area contributed by atoms with E-state index < -0.39 is 0 Å². The van der Waals surface area contributed by atoms with Gasteiger partial charge in [0, 0.05) is 21.0 Å². The third kappa shape index (κ3) is 3.33. The van der Waals surface area contributed by atoms with Crippen LogP contribution in [0.15, 0.2) is 47.5 Å². The first-order chi connectivity index (χ1) is 13.4. The van der Waals surface area contributed by atoms with Crippen LogP contribution in [0.3, 0.4) is 0 Å². The van der Waals surface area contributed by atoms with Crippen LogP contribution in [0.1, 0.15) is 10.4 Å². The SMILES string of the molecule is Cc1sc2ncn(Cc3c(Cl)ccc(Cl)c3Cl)c(=O)c2c1-c1ccc(F)cc1. The Balaban J connectivity index is 1.90. The molecule has 0 N–H and O–H groups in total. The van der Waals surface area contributed by atoms with E-state index in [-0.39, 0.29) is 17.9 Å². The summed E-state index contributed by atoms with van der Waals surface area (Å²) >= 11 is 20.0. The summed E-state index contributed by atoms with van der Waals surface area (Å²) in [6, 6.07) is 9.31. The van der Waals surface area contributed by atoms with Gasteiger partial charge in [-0.3, -0.25) is 9.36 Å². The largest absolute Gasteiger partial charge is 0.294 e. The summed E-state index contributed by atoms with van der Waals surface area (Å²) in [5, 5.41) is 1.58. The number of thiophene rings is 1. The molecule has 0 radical (unpaired) electrons. The highest BCUT2D eigenvalue weighted by atomic mass is 35.5. The smallest absolute Gasteiger partial charge is 0.263 e. The van der Waals surface area contributed by atoms with E-state index in [1.165, 1.54) is 34.4 Å². The number of hydrogen-bond donors (Lipinski definition) is 0. The van der Waals surface area contributed by atoms with Crippen molar-refractivity contribution in [1.29, 1.82) is 0 Å². The third-order valence-electron chi connectivity index (χ3n) is 4.46. The van der Waals surface area contributed by atoms with E-state index in [9.17, 15) is 9.18 Å². The highest BCUT2D eigenvalue weighted by Crippen LogP contribution is 2.36. The van der Waals surface area contributed by atoms with E-state index in [0.717, 1.165) is 16.0 Å². The lowest BCUT2D eigenvalue weighted by Crippen LogP contribution is -2.21. The lowest BCUT2D eigenvalue weighted by molar-refractivity contribution is 0.628. The Bertz CT molecular complexity index is 1270. The Labute approximate surface area is 178 Å². The Kier molecular flexibility index (Phi) is 5.19. The fraction of sp³-hybridized carbons (Fsp3) is 0.100. The zero-order valence-electron chi connectivity index (χ0n) is 14.5. The van der Waals surface area contributed by atoms with Crippen LogP contribution in [-0.2, 0) is 6.54 Å². The maximum atomic E-state index is 13.3. The van der Waals surface area contributed by atoms with Gasteiger partial charge in [-0.05, 0) is 36.8 Å². The van der Waals surface area contributed by atoms with Crippen molar-refractivity contribution < 1.29 is 4.39 Å². The van der Waals surface area contributed by atoms with Gasteiger partial charge in [-0.1, -0.05) is 46.9 Å². The molecule has 0 aliphatic heterocycles. The van der Waals surface area contributed by atoms with Crippen molar-refractivity contribution in [1.82, 2.24) is 9.55 Å². The Morgan fingerprint density at radius 1 is 1.07 bits per heavy atom. The maximum absolute atomic E-state index is 13.3. The number of hydrogen-bond acceptors (Lipinski definition) is 3. The quantitative estimate of drug-likeness (QED) is 0.328. The number of nitrogens with zero attached hydrogens (tertiary/aromatic N) is 2. The molecule has 4 rings (SSSR count). The first kappa shape index (κ1) is 19.4. The highest BCUT2D eigenvalue weighted by molar-refractivity contribution is 7.19. The number of aryl methyl sites for hydroxylation is 1. The molecular formula is C20H12Cl3FN2OS. The number of halogens is 4. The van der Waals surface area contributed by atoms with Gasteiger partial charge >= 0.3 is 0 Å². The summed E-state index contributed by atoms with van der Waals surface area (Å²) in [6.07, 6.45) is 1.47. The van der Waals surface area contributed by atoms with Crippen molar-refractivity contribution in [2.45, 2.75) is 13.5 Å². The van der Waals surface area contributed by atoms with Gasteiger partial charge in [-0.25, -0.2) is 9.37 Å². The van der Waals surface area contributed by atoms with E-state index >= 15 is 0 Å². The molecule has 2 aromatic carbocycles. The minimum atomic E-state index is -0.332. The lowest BCUT2D eigenvalue weighted by atomic mass is 10.0. The Hall–Kier alpha value is -1.92. The lowest BCUT2D eigenvalue weighted by Gasteiger charge is -2.11. The second-order valence-corrected chi connectivity index (χ2v) is 8.62. The summed E-state index contributed by atoms with van der Waals surface area (Å²) in [5.41, 5.74) is 1.85. The van der Waals surface area contributed by atoms with Crippen molar-refractivity contribution in [3.8, 4) is 11.1 Å². The third-order valence-corrected chi connectivity index (χ3v) is 6.67. The minimum absolute atomic E-state index is 0.137. The summed E-state index contributed by atoms with van der Waals surface area (Å²) in [4.78, 5) is 19.2. The molecule has 0 fully saturated rings. The molecule has 0 aliphatic carbocycles. The summed E-state index contributed by atoms with van der Waals surface area (Å²) in [5.74, 6) is -0.332. The number of fused-ring (bicyclic) bond motifs is 1. The molecule has 0 aliphatic rings. The van der Waals surface area contributed by atoms with Crippen molar-refractivity contribution in [3.05, 3.63) is 84.4 Å². The van der Waals surface area contributed by atoms with E-state index in [0.29, 0.717) is 30.8 Å². The molecule has 0 atom stereocenters. The van der Waals surface area contributed by atoms with Crippen LogP contribution in [0, 0.1) is 12.7 Å². The standard InChI is InChI=1S/C20H12Cl3FN2OS/c1-10-16(11-2-4-12(24)5-3-11)17-19(28-10)25-9-26(20(17)27)8-13-14(21)6-7-15(22)18(13)23/h2-7,9H,8H2,1H3. The molecule has 0 saturated heterocycles. The summed E-state index contributed by atoms with van der Waals surface area (Å²) in [6.45, 7) is 2.05. The Morgan fingerprint density at radius 2 is 1.75 bits per heavy atom. The molecule has 0 saturated carbocycles. The van der Waals surface area contributed by atoms with Crippen LogP contribution >= 0.6 is 46.1 Å². The molecule has 2 heterocycles. The summed E-state index contributed by atoms with van der Waals surface area (Å²) in [7, 11) is 0.